The number of nitrogens with one attached hydrogen (secondary N) is 1. The number of ketones is 1. The zero-order valence-electron chi connectivity index (χ0n) is 16.4. The molecule has 0 aromatic heterocycles. The Hall–Kier alpha value is -2.27. The number of piperidine rings is 1. The fraction of sp³-hybridized carbons (Fsp3) is 0.500. The van der Waals surface area contributed by atoms with Crippen molar-refractivity contribution in [3.8, 4) is 0 Å². The topological polar surface area (TPSA) is 70.5 Å². The van der Waals surface area contributed by atoms with Gasteiger partial charge in [-0.05, 0) is 63.4 Å². The van der Waals surface area contributed by atoms with Crippen molar-refractivity contribution in [1.82, 2.24) is 4.90 Å². The highest BCUT2D eigenvalue weighted by atomic mass is 16.6. The molecule has 144 valence electrons. The van der Waals surface area contributed by atoms with Crippen LogP contribution in [0.4, 0.5) is 0 Å². The van der Waals surface area contributed by atoms with Gasteiger partial charge >= 0.3 is 5.97 Å². The number of esters is 1. The summed E-state index contributed by atoms with van der Waals surface area (Å²) in [4.78, 5) is 26.7. The molecule has 3 rings (SSSR count). The molecule has 2 heterocycles. The predicted molar refractivity (Wildman–Crippen MR) is 106 cm³/mol. The number of hydrogen-bond acceptors (Lipinski definition) is 5. The summed E-state index contributed by atoms with van der Waals surface area (Å²) in [5, 5.41) is 8.35. The summed E-state index contributed by atoms with van der Waals surface area (Å²) in [7, 11) is 0. The Labute approximate surface area is 160 Å². The molecule has 1 N–H and O–H groups in total. The van der Waals surface area contributed by atoms with Gasteiger partial charge in [0.05, 0.1) is 12.5 Å². The minimum Gasteiger partial charge on any atom is -0.457 e. The van der Waals surface area contributed by atoms with Gasteiger partial charge in [-0.15, -0.1) is 0 Å². The van der Waals surface area contributed by atoms with E-state index in [1.807, 2.05) is 39.0 Å². The van der Waals surface area contributed by atoms with Crippen molar-refractivity contribution in [3.63, 3.8) is 0 Å². The first-order chi connectivity index (χ1) is 12.7. The molecule has 1 aromatic carbocycles. The number of benzene rings is 1. The van der Waals surface area contributed by atoms with Gasteiger partial charge in [-0.3, -0.25) is 9.69 Å². The largest absolute Gasteiger partial charge is 0.457 e. The molecule has 2 aliphatic rings. The summed E-state index contributed by atoms with van der Waals surface area (Å²) >= 11 is 0. The smallest absolute Gasteiger partial charge is 0.331 e. The summed E-state index contributed by atoms with van der Waals surface area (Å²) in [5.74, 6) is -0.206. The summed E-state index contributed by atoms with van der Waals surface area (Å²) < 4.78 is 5.30. The van der Waals surface area contributed by atoms with Gasteiger partial charge in [0.25, 0.3) is 0 Å². The molecule has 0 aliphatic carbocycles. The molecular formula is C22H28N2O3. The van der Waals surface area contributed by atoms with Crippen LogP contribution in [0.25, 0.3) is 6.08 Å². The normalized spacial score (nSPS) is 21.4. The molecule has 0 saturated carbocycles. The van der Waals surface area contributed by atoms with E-state index in [0.717, 1.165) is 42.5 Å². The minimum atomic E-state index is -0.516. The van der Waals surface area contributed by atoms with E-state index in [9.17, 15) is 9.59 Å². The SMILES string of the molecule is CC(C)(C)OC(=O)C=Cc1ccc2c(c1)CN1CCCCC1C(=O)CC2=N. The molecule has 2 aliphatic heterocycles. The molecule has 1 aromatic rings. The molecule has 5 heteroatoms. The van der Waals surface area contributed by atoms with Gasteiger partial charge in [-0.25, -0.2) is 4.79 Å². The summed E-state index contributed by atoms with van der Waals surface area (Å²) in [6.07, 6.45) is 6.45. The van der Waals surface area contributed by atoms with Gasteiger partial charge < -0.3 is 10.1 Å². The number of fused-ring (bicyclic) bond motifs is 2. The second-order valence-electron chi connectivity index (χ2n) is 8.39. The lowest BCUT2D eigenvalue weighted by Crippen LogP contribution is -2.46. The van der Waals surface area contributed by atoms with Crippen LogP contribution in [0.3, 0.4) is 0 Å². The standard InChI is InChI=1S/C22H28N2O3/c1-22(2,3)27-21(26)10-8-15-7-9-17-16(12-15)14-24-11-5-4-6-19(24)20(25)13-18(17)23/h7-10,12,19,23H,4-6,11,13-14H2,1-3H3. The van der Waals surface area contributed by atoms with E-state index in [4.69, 9.17) is 10.1 Å². The lowest BCUT2D eigenvalue weighted by Gasteiger charge is -2.36. The molecule has 1 fully saturated rings. The van der Waals surface area contributed by atoms with Crippen LogP contribution in [0.5, 0.6) is 0 Å². The Morgan fingerprint density at radius 1 is 1.30 bits per heavy atom. The Balaban J connectivity index is 1.84. The number of carbonyl (C=O) groups is 2. The molecule has 27 heavy (non-hydrogen) atoms. The Kier molecular flexibility index (Phi) is 5.61. The summed E-state index contributed by atoms with van der Waals surface area (Å²) in [6, 6.07) is 5.73. The van der Waals surface area contributed by atoms with E-state index in [2.05, 4.69) is 4.90 Å². The van der Waals surface area contributed by atoms with E-state index in [0.29, 0.717) is 12.3 Å². The Morgan fingerprint density at radius 2 is 2.07 bits per heavy atom. The third-order valence-electron chi connectivity index (χ3n) is 4.98. The highest BCUT2D eigenvalue weighted by molar-refractivity contribution is 6.11. The number of rotatable bonds is 2. The van der Waals surface area contributed by atoms with Gasteiger partial charge in [0, 0.05) is 23.9 Å². The van der Waals surface area contributed by atoms with Crippen molar-refractivity contribution < 1.29 is 14.3 Å². The third-order valence-corrected chi connectivity index (χ3v) is 4.98. The number of nitrogens with zero attached hydrogens (tertiary/aromatic N) is 1. The number of Topliss-reactive ketones (excluding diaryl/α,β-unsaturated/α-hetero) is 1. The van der Waals surface area contributed by atoms with E-state index in [-0.39, 0.29) is 24.2 Å². The molecule has 5 nitrogen and oxygen atoms in total. The monoisotopic (exact) mass is 368 g/mol. The van der Waals surface area contributed by atoms with Gasteiger partial charge in [-0.2, -0.15) is 0 Å². The van der Waals surface area contributed by atoms with Gasteiger partial charge in [0.2, 0.25) is 0 Å². The van der Waals surface area contributed by atoms with Crippen molar-refractivity contribution in [2.75, 3.05) is 6.54 Å². The van der Waals surface area contributed by atoms with Crippen molar-refractivity contribution in [1.29, 1.82) is 5.41 Å². The highest BCUT2D eigenvalue weighted by Gasteiger charge is 2.32. The third kappa shape index (κ3) is 4.92. The maximum Gasteiger partial charge on any atom is 0.331 e. The van der Waals surface area contributed by atoms with Crippen molar-refractivity contribution in [3.05, 3.63) is 41.0 Å². The van der Waals surface area contributed by atoms with E-state index < -0.39 is 5.60 Å². The maximum absolute atomic E-state index is 12.5. The van der Waals surface area contributed by atoms with Crippen molar-refractivity contribution in [2.24, 2.45) is 0 Å². The molecular weight excluding hydrogens is 340 g/mol. The second-order valence-corrected chi connectivity index (χ2v) is 8.39. The van der Waals surface area contributed by atoms with Crippen LogP contribution in [0, 0.1) is 5.41 Å². The fourth-order valence-corrected chi connectivity index (χ4v) is 3.79. The van der Waals surface area contributed by atoms with Crippen LogP contribution >= 0.6 is 0 Å². The van der Waals surface area contributed by atoms with Crippen molar-refractivity contribution >= 4 is 23.5 Å². The molecule has 0 amide bonds. The lowest BCUT2D eigenvalue weighted by atomic mass is 9.88. The predicted octanol–water partition coefficient (Wildman–Crippen LogP) is 3.74. The van der Waals surface area contributed by atoms with Crippen molar-refractivity contribution in [2.45, 2.75) is 64.6 Å². The number of carbonyl (C=O) groups excluding carboxylic acids is 2. The fourth-order valence-electron chi connectivity index (χ4n) is 3.79. The number of ether oxygens (including phenoxy) is 1. The molecule has 0 radical (unpaired) electrons. The van der Waals surface area contributed by atoms with Crippen LogP contribution in [0.1, 0.15) is 63.1 Å². The molecule has 1 atom stereocenters. The summed E-state index contributed by atoms with van der Waals surface area (Å²) in [5.41, 5.74) is 2.65. The first kappa shape index (κ1) is 19.5. The van der Waals surface area contributed by atoms with Crippen LogP contribution in [0.15, 0.2) is 24.3 Å². The zero-order chi connectivity index (χ0) is 19.6. The minimum absolute atomic E-state index is 0.0618. The Bertz CT molecular complexity index is 789. The quantitative estimate of drug-likeness (QED) is 0.638. The molecule has 0 spiro atoms. The molecule has 1 saturated heterocycles. The summed E-state index contributed by atoms with van der Waals surface area (Å²) in [6.45, 7) is 7.10. The Morgan fingerprint density at radius 3 is 2.81 bits per heavy atom. The highest BCUT2D eigenvalue weighted by Crippen LogP contribution is 2.27. The van der Waals surface area contributed by atoms with Crippen LogP contribution in [-0.2, 0) is 20.9 Å². The van der Waals surface area contributed by atoms with Crippen LogP contribution < -0.4 is 0 Å². The average Bonchev–Trinajstić information content (AvgIpc) is 2.58. The van der Waals surface area contributed by atoms with Crippen LogP contribution in [-0.4, -0.2) is 40.6 Å². The zero-order valence-corrected chi connectivity index (χ0v) is 16.4. The first-order valence-corrected chi connectivity index (χ1v) is 9.61. The molecule has 0 bridgehead atoms. The number of hydrogen-bond donors (Lipinski definition) is 1. The van der Waals surface area contributed by atoms with E-state index in [1.54, 1.807) is 6.08 Å². The second kappa shape index (κ2) is 7.77. The van der Waals surface area contributed by atoms with Gasteiger partial charge in [0.15, 0.2) is 5.78 Å². The van der Waals surface area contributed by atoms with E-state index in [1.165, 1.54) is 6.08 Å². The first-order valence-electron chi connectivity index (χ1n) is 9.61. The maximum atomic E-state index is 12.5. The molecule has 1 unspecified atom stereocenters. The van der Waals surface area contributed by atoms with Crippen LogP contribution in [0.2, 0.25) is 0 Å². The van der Waals surface area contributed by atoms with Gasteiger partial charge in [-0.1, -0.05) is 18.6 Å². The lowest BCUT2D eigenvalue weighted by molar-refractivity contribution is -0.148. The van der Waals surface area contributed by atoms with E-state index >= 15 is 0 Å². The van der Waals surface area contributed by atoms with Gasteiger partial charge in [0.1, 0.15) is 5.60 Å². The average molecular weight is 368 g/mol.